The molecule has 1 heterocycles. The quantitative estimate of drug-likeness (QED) is 0.499. The summed E-state index contributed by atoms with van der Waals surface area (Å²) in [5.74, 6) is 4.45. The molecule has 0 bridgehead atoms. The molecule has 1 unspecified atom stereocenters. The van der Waals surface area contributed by atoms with Crippen molar-refractivity contribution in [3.8, 4) is 0 Å². The van der Waals surface area contributed by atoms with E-state index in [1.165, 1.54) is 51.4 Å². The first kappa shape index (κ1) is 15.9. The third-order valence-corrected chi connectivity index (χ3v) is 9.17. The lowest BCUT2D eigenvalue weighted by Crippen LogP contribution is -2.53. The van der Waals surface area contributed by atoms with Crippen LogP contribution < -0.4 is 0 Å². The maximum Gasteiger partial charge on any atom is 0.0920 e. The summed E-state index contributed by atoms with van der Waals surface area (Å²) in [6.07, 6.45) is 13.9. The maximum atomic E-state index is 6.10. The van der Waals surface area contributed by atoms with Gasteiger partial charge in [0.25, 0.3) is 0 Å². The van der Waals surface area contributed by atoms with Crippen LogP contribution in [0.5, 0.6) is 0 Å². The number of ether oxygens (including phenoxy) is 2. The highest BCUT2D eigenvalue weighted by molar-refractivity contribution is 5.23. The molecule has 4 aliphatic carbocycles. The van der Waals surface area contributed by atoms with E-state index >= 15 is 0 Å². The predicted molar refractivity (Wildman–Crippen MR) is 95.7 cm³/mol. The van der Waals surface area contributed by atoms with Gasteiger partial charge in [0.15, 0.2) is 0 Å². The molecule has 5 rings (SSSR count). The van der Waals surface area contributed by atoms with E-state index in [-0.39, 0.29) is 5.60 Å². The van der Waals surface area contributed by atoms with Gasteiger partial charge in [0.1, 0.15) is 0 Å². The van der Waals surface area contributed by atoms with Crippen molar-refractivity contribution in [1.29, 1.82) is 0 Å². The number of hydrogen-bond acceptors (Lipinski definition) is 2. The second-order valence-electron chi connectivity index (χ2n) is 9.79. The normalized spacial score (nSPS) is 57.5. The topological polar surface area (TPSA) is 21.8 Å². The first-order valence-electron chi connectivity index (χ1n) is 10.4. The predicted octanol–water partition coefficient (Wildman–Crippen LogP) is 4.98. The summed E-state index contributed by atoms with van der Waals surface area (Å²) in [5, 5.41) is 0. The number of fused-ring (bicyclic) bond motifs is 5. The van der Waals surface area contributed by atoms with Gasteiger partial charge in [0, 0.05) is 7.11 Å². The molecule has 1 spiro atoms. The van der Waals surface area contributed by atoms with E-state index in [2.05, 4.69) is 19.9 Å². The minimum atomic E-state index is 0.277. The van der Waals surface area contributed by atoms with Crippen LogP contribution in [0.15, 0.2) is 11.6 Å². The van der Waals surface area contributed by atoms with Crippen LogP contribution in [0, 0.1) is 35.0 Å². The third-order valence-electron chi connectivity index (χ3n) is 9.17. The highest BCUT2D eigenvalue weighted by Gasteiger charge is 2.60. The van der Waals surface area contributed by atoms with E-state index in [1.807, 2.05) is 7.11 Å². The second-order valence-corrected chi connectivity index (χ2v) is 9.79. The van der Waals surface area contributed by atoms with Crippen molar-refractivity contribution >= 4 is 0 Å². The Balaban J connectivity index is 1.44. The minimum Gasteiger partial charge on any atom is -0.381 e. The lowest BCUT2D eigenvalue weighted by molar-refractivity contribution is -0.122. The van der Waals surface area contributed by atoms with Crippen LogP contribution in [0.4, 0.5) is 0 Å². The SMILES string of the molecule is C/C=C1/CC[C@H]2[C@@H]3C[C@@H](OC)[C@@H]4CC5(CC[C@@H]4[C@H]3CC[C@]12C)CO5. The summed E-state index contributed by atoms with van der Waals surface area (Å²) in [7, 11) is 1.96. The molecule has 4 saturated carbocycles. The molecule has 5 aliphatic rings. The summed E-state index contributed by atoms with van der Waals surface area (Å²) < 4.78 is 12.0. The number of allylic oxidation sites excluding steroid dienone is 2. The lowest BCUT2D eigenvalue weighted by atomic mass is 9.49. The molecule has 0 aromatic carbocycles. The average molecular weight is 331 g/mol. The van der Waals surface area contributed by atoms with Crippen LogP contribution in [0.1, 0.15) is 65.2 Å². The molecule has 0 N–H and O–H groups in total. The standard InChI is InChI=1S/C22H34O2/c1-4-14-5-6-19-17-11-20(23-3)18-12-22(13-24-22)10-8-16(18)15(17)7-9-21(14,19)2/h4,15-20H,5-13H2,1-3H3/b14-4-/t15-,16-,17-,18-,19+,20-,21-,22?/m1/s1. The smallest absolute Gasteiger partial charge is 0.0920 e. The molecule has 134 valence electrons. The fraction of sp³-hybridized carbons (Fsp3) is 0.909. The molecule has 5 fully saturated rings. The zero-order chi connectivity index (χ0) is 16.5. The van der Waals surface area contributed by atoms with Gasteiger partial charge in [0.05, 0.1) is 18.3 Å². The highest BCUT2D eigenvalue weighted by atomic mass is 16.6. The molecule has 2 heteroatoms. The Hall–Kier alpha value is -0.340. The van der Waals surface area contributed by atoms with Crippen molar-refractivity contribution < 1.29 is 9.47 Å². The summed E-state index contributed by atoms with van der Waals surface area (Å²) in [6.45, 7) is 5.87. The van der Waals surface area contributed by atoms with Crippen LogP contribution in [-0.2, 0) is 9.47 Å². The van der Waals surface area contributed by atoms with Crippen molar-refractivity contribution in [2.75, 3.05) is 13.7 Å². The van der Waals surface area contributed by atoms with E-state index in [4.69, 9.17) is 9.47 Å². The van der Waals surface area contributed by atoms with Gasteiger partial charge in [0.2, 0.25) is 0 Å². The van der Waals surface area contributed by atoms with E-state index in [0.29, 0.717) is 11.5 Å². The van der Waals surface area contributed by atoms with Gasteiger partial charge < -0.3 is 9.47 Å². The molecular weight excluding hydrogens is 296 g/mol. The van der Waals surface area contributed by atoms with Crippen molar-refractivity contribution in [2.24, 2.45) is 35.0 Å². The summed E-state index contributed by atoms with van der Waals surface area (Å²) >= 11 is 0. The van der Waals surface area contributed by atoms with Crippen LogP contribution in [0.25, 0.3) is 0 Å². The zero-order valence-electron chi connectivity index (χ0n) is 15.7. The Morgan fingerprint density at radius 1 is 1.08 bits per heavy atom. The van der Waals surface area contributed by atoms with Crippen molar-refractivity contribution in [3.63, 3.8) is 0 Å². The molecule has 0 amide bonds. The molecule has 8 atom stereocenters. The van der Waals surface area contributed by atoms with Crippen molar-refractivity contribution in [1.82, 2.24) is 0 Å². The van der Waals surface area contributed by atoms with Gasteiger partial charge in [-0.25, -0.2) is 0 Å². The minimum absolute atomic E-state index is 0.277. The number of hydrogen-bond donors (Lipinski definition) is 0. The third kappa shape index (κ3) is 2.08. The maximum absolute atomic E-state index is 6.10. The fourth-order valence-electron chi connectivity index (χ4n) is 7.85. The van der Waals surface area contributed by atoms with E-state index < -0.39 is 0 Å². The van der Waals surface area contributed by atoms with Crippen LogP contribution >= 0.6 is 0 Å². The zero-order valence-corrected chi connectivity index (χ0v) is 15.7. The first-order chi connectivity index (χ1) is 11.6. The number of rotatable bonds is 1. The lowest BCUT2D eigenvalue weighted by Gasteiger charge is -2.57. The Morgan fingerprint density at radius 3 is 2.54 bits per heavy atom. The molecular formula is C22H34O2. The monoisotopic (exact) mass is 330 g/mol. The van der Waals surface area contributed by atoms with Crippen LogP contribution in [-0.4, -0.2) is 25.4 Å². The van der Waals surface area contributed by atoms with E-state index in [0.717, 1.165) is 36.2 Å². The molecule has 0 aromatic rings. The van der Waals surface area contributed by atoms with Gasteiger partial charge in [-0.3, -0.25) is 0 Å². The Bertz CT molecular complexity index is 548. The summed E-state index contributed by atoms with van der Waals surface area (Å²) in [5.41, 5.74) is 2.53. The highest BCUT2D eigenvalue weighted by Crippen LogP contribution is 2.65. The Kier molecular flexibility index (Phi) is 3.53. The molecule has 0 radical (unpaired) electrons. The van der Waals surface area contributed by atoms with Gasteiger partial charge >= 0.3 is 0 Å². The molecule has 1 aliphatic heterocycles. The van der Waals surface area contributed by atoms with Crippen molar-refractivity contribution in [3.05, 3.63) is 11.6 Å². The first-order valence-corrected chi connectivity index (χ1v) is 10.4. The molecule has 1 saturated heterocycles. The van der Waals surface area contributed by atoms with Crippen LogP contribution in [0.3, 0.4) is 0 Å². The van der Waals surface area contributed by atoms with Gasteiger partial charge in [-0.15, -0.1) is 0 Å². The Labute approximate surface area is 147 Å². The average Bonchev–Trinajstić information content (AvgIpc) is 3.24. The van der Waals surface area contributed by atoms with E-state index in [9.17, 15) is 0 Å². The molecule has 0 aromatic heterocycles. The number of methoxy groups -OCH3 is 1. The molecule has 2 nitrogen and oxygen atoms in total. The van der Waals surface area contributed by atoms with Gasteiger partial charge in [-0.05, 0) is 93.3 Å². The summed E-state index contributed by atoms with van der Waals surface area (Å²) in [6, 6.07) is 0. The second kappa shape index (κ2) is 5.33. The molecule has 24 heavy (non-hydrogen) atoms. The van der Waals surface area contributed by atoms with Crippen LogP contribution in [0.2, 0.25) is 0 Å². The van der Waals surface area contributed by atoms with E-state index in [1.54, 1.807) is 5.57 Å². The van der Waals surface area contributed by atoms with Gasteiger partial charge in [-0.1, -0.05) is 18.6 Å². The number of epoxide rings is 1. The summed E-state index contributed by atoms with van der Waals surface area (Å²) in [4.78, 5) is 0. The van der Waals surface area contributed by atoms with Gasteiger partial charge in [-0.2, -0.15) is 0 Å². The Morgan fingerprint density at radius 2 is 1.83 bits per heavy atom. The van der Waals surface area contributed by atoms with Crippen molar-refractivity contribution in [2.45, 2.75) is 76.9 Å². The fourth-order valence-corrected chi connectivity index (χ4v) is 7.85. The largest absolute Gasteiger partial charge is 0.381 e.